The highest BCUT2D eigenvalue weighted by Crippen LogP contribution is 2.20. The van der Waals surface area contributed by atoms with Gasteiger partial charge in [-0.25, -0.2) is 4.79 Å². The number of hydrogen-bond donors (Lipinski definition) is 2. The number of fused-ring (bicyclic) bond motifs is 1. The van der Waals surface area contributed by atoms with E-state index in [2.05, 4.69) is 0 Å². The van der Waals surface area contributed by atoms with Crippen LogP contribution in [0.3, 0.4) is 0 Å². The molecule has 0 aliphatic heterocycles. The predicted molar refractivity (Wildman–Crippen MR) is 69.8 cm³/mol. The summed E-state index contributed by atoms with van der Waals surface area (Å²) in [7, 11) is 3.52. The summed E-state index contributed by atoms with van der Waals surface area (Å²) >= 11 is 0. The van der Waals surface area contributed by atoms with Crippen LogP contribution in [0.2, 0.25) is 0 Å². The lowest BCUT2D eigenvalue weighted by atomic mass is 10.2. The summed E-state index contributed by atoms with van der Waals surface area (Å²) in [4.78, 5) is 13.3. The fourth-order valence-electron chi connectivity index (χ4n) is 1.85. The van der Waals surface area contributed by atoms with Crippen LogP contribution >= 0.6 is 0 Å². The van der Waals surface area contributed by atoms with Gasteiger partial charge in [-0.05, 0) is 18.2 Å². The first-order valence-corrected chi connectivity index (χ1v) is 5.71. The van der Waals surface area contributed by atoms with Gasteiger partial charge in [-0.2, -0.15) is 0 Å². The molecular formula is C12H17N3O3. The van der Waals surface area contributed by atoms with E-state index in [0.29, 0.717) is 12.1 Å². The van der Waals surface area contributed by atoms with Gasteiger partial charge in [0.05, 0.1) is 11.6 Å². The van der Waals surface area contributed by atoms with Crippen LogP contribution in [-0.4, -0.2) is 35.9 Å². The van der Waals surface area contributed by atoms with Crippen LogP contribution in [0.15, 0.2) is 27.4 Å². The molecule has 2 aromatic rings. The van der Waals surface area contributed by atoms with Gasteiger partial charge in [0.1, 0.15) is 0 Å². The highest BCUT2D eigenvalue weighted by atomic mass is 16.4. The van der Waals surface area contributed by atoms with E-state index < -0.39 is 6.10 Å². The molecule has 0 saturated carbocycles. The van der Waals surface area contributed by atoms with E-state index in [0.717, 1.165) is 11.2 Å². The van der Waals surface area contributed by atoms with Crippen molar-refractivity contribution in [1.29, 1.82) is 0 Å². The first-order valence-electron chi connectivity index (χ1n) is 5.71. The zero-order valence-electron chi connectivity index (χ0n) is 10.5. The normalized spacial score (nSPS) is 12.9. The topological polar surface area (TPSA) is 84.6 Å². The van der Waals surface area contributed by atoms with Crippen molar-refractivity contribution in [2.45, 2.75) is 6.10 Å². The predicted octanol–water partition coefficient (Wildman–Crippen LogP) is -0.113. The van der Waals surface area contributed by atoms with Crippen molar-refractivity contribution >= 4 is 16.8 Å². The third-order valence-electron chi connectivity index (χ3n) is 2.97. The molecule has 6 nitrogen and oxygen atoms in total. The number of likely N-dealkylation sites (N-methyl/N-ethyl adjacent to an activating group) is 1. The van der Waals surface area contributed by atoms with E-state index in [1.54, 1.807) is 13.1 Å². The smallest absolute Gasteiger partial charge is 0.408 e. The van der Waals surface area contributed by atoms with Gasteiger partial charge in [0.25, 0.3) is 0 Å². The Kier molecular flexibility index (Phi) is 3.40. The van der Waals surface area contributed by atoms with Crippen LogP contribution in [0.5, 0.6) is 0 Å². The third kappa shape index (κ3) is 2.25. The monoisotopic (exact) mass is 251 g/mol. The minimum Gasteiger partial charge on any atom is -0.408 e. The molecular weight excluding hydrogens is 234 g/mol. The second kappa shape index (κ2) is 4.83. The SMILES string of the molecule is CN(CC(O)CN)c1ccc2oc(=O)n(C)c2c1. The lowest BCUT2D eigenvalue weighted by Gasteiger charge is -2.21. The Hall–Kier alpha value is -1.79. The van der Waals surface area contributed by atoms with Gasteiger partial charge in [0.15, 0.2) is 5.58 Å². The highest BCUT2D eigenvalue weighted by Gasteiger charge is 2.10. The van der Waals surface area contributed by atoms with Crippen molar-refractivity contribution in [3.8, 4) is 0 Å². The fourth-order valence-corrected chi connectivity index (χ4v) is 1.85. The largest absolute Gasteiger partial charge is 0.419 e. The Morgan fingerprint density at radius 2 is 2.28 bits per heavy atom. The highest BCUT2D eigenvalue weighted by molar-refractivity contribution is 5.77. The number of rotatable bonds is 4. The molecule has 6 heteroatoms. The first-order chi connectivity index (χ1) is 8.52. The zero-order valence-corrected chi connectivity index (χ0v) is 10.5. The Bertz CT molecular complexity index is 602. The summed E-state index contributed by atoms with van der Waals surface area (Å²) in [6, 6.07) is 5.44. The Morgan fingerprint density at radius 3 is 2.94 bits per heavy atom. The molecule has 2 rings (SSSR count). The molecule has 1 atom stereocenters. The molecule has 0 aliphatic carbocycles. The molecule has 0 fully saturated rings. The summed E-state index contributed by atoms with van der Waals surface area (Å²) in [6.45, 7) is 0.657. The van der Waals surface area contributed by atoms with E-state index in [1.807, 2.05) is 24.1 Å². The van der Waals surface area contributed by atoms with Gasteiger partial charge in [0, 0.05) is 32.9 Å². The van der Waals surface area contributed by atoms with Crippen molar-refractivity contribution in [1.82, 2.24) is 4.57 Å². The summed E-state index contributed by atoms with van der Waals surface area (Å²) in [5.41, 5.74) is 7.56. The van der Waals surface area contributed by atoms with E-state index in [1.165, 1.54) is 4.57 Å². The van der Waals surface area contributed by atoms with Crippen LogP contribution in [-0.2, 0) is 7.05 Å². The average molecular weight is 251 g/mol. The van der Waals surface area contributed by atoms with Crippen molar-refractivity contribution < 1.29 is 9.52 Å². The van der Waals surface area contributed by atoms with Gasteiger partial charge in [0.2, 0.25) is 0 Å². The Labute approximate surface area is 104 Å². The van der Waals surface area contributed by atoms with E-state index in [4.69, 9.17) is 10.2 Å². The molecule has 0 spiro atoms. The molecule has 18 heavy (non-hydrogen) atoms. The molecule has 1 unspecified atom stereocenters. The maximum atomic E-state index is 11.4. The lowest BCUT2D eigenvalue weighted by molar-refractivity contribution is 0.189. The molecule has 0 radical (unpaired) electrons. The van der Waals surface area contributed by atoms with Crippen molar-refractivity contribution in [2.75, 3.05) is 25.0 Å². The van der Waals surface area contributed by atoms with Gasteiger partial charge in [-0.3, -0.25) is 4.57 Å². The van der Waals surface area contributed by atoms with Crippen LogP contribution in [0, 0.1) is 0 Å². The summed E-state index contributed by atoms with van der Waals surface area (Å²) < 4.78 is 6.51. The second-order valence-electron chi connectivity index (χ2n) is 4.35. The molecule has 0 saturated heterocycles. The number of aromatic nitrogens is 1. The summed E-state index contributed by atoms with van der Waals surface area (Å²) in [6.07, 6.45) is -0.570. The van der Waals surface area contributed by atoms with Crippen molar-refractivity contribution in [2.24, 2.45) is 12.8 Å². The minimum atomic E-state index is -0.570. The van der Waals surface area contributed by atoms with Crippen LogP contribution < -0.4 is 16.4 Å². The Morgan fingerprint density at radius 1 is 1.56 bits per heavy atom. The minimum absolute atomic E-state index is 0.219. The lowest BCUT2D eigenvalue weighted by Crippen LogP contribution is -2.34. The number of nitrogens with zero attached hydrogens (tertiary/aromatic N) is 2. The summed E-state index contributed by atoms with van der Waals surface area (Å²) in [5, 5.41) is 9.52. The zero-order chi connectivity index (χ0) is 13.3. The molecule has 0 amide bonds. The number of oxazole rings is 1. The molecule has 0 aliphatic rings. The number of aliphatic hydroxyl groups excluding tert-OH is 1. The van der Waals surface area contributed by atoms with Crippen LogP contribution in [0.25, 0.3) is 11.1 Å². The molecule has 0 bridgehead atoms. The number of nitrogens with two attached hydrogens (primary N) is 1. The van der Waals surface area contributed by atoms with E-state index in [-0.39, 0.29) is 12.3 Å². The van der Waals surface area contributed by atoms with E-state index in [9.17, 15) is 9.90 Å². The van der Waals surface area contributed by atoms with Gasteiger partial charge in [-0.1, -0.05) is 0 Å². The number of aryl methyl sites for hydroxylation is 1. The molecule has 1 aromatic carbocycles. The fraction of sp³-hybridized carbons (Fsp3) is 0.417. The van der Waals surface area contributed by atoms with Crippen molar-refractivity contribution in [3.05, 3.63) is 28.7 Å². The summed E-state index contributed by atoms with van der Waals surface area (Å²) in [5.74, 6) is -0.383. The quantitative estimate of drug-likeness (QED) is 0.792. The van der Waals surface area contributed by atoms with Crippen LogP contribution in [0.1, 0.15) is 0 Å². The maximum absolute atomic E-state index is 11.4. The third-order valence-corrected chi connectivity index (χ3v) is 2.97. The molecule has 98 valence electrons. The maximum Gasteiger partial charge on any atom is 0.419 e. The van der Waals surface area contributed by atoms with E-state index >= 15 is 0 Å². The van der Waals surface area contributed by atoms with Gasteiger partial charge >= 0.3 is 5.76 Å². The standard InChI is InChI=1S/C12H17N3O3/c1-14(7-9(16)6-13)8-3-4-11-10(5-8)15(2)12(17)18-11/h3-5,9,16H,6-7,13H2,1-2H3. The molecule has 1 heterocycles. The van der Waals surface area contributed by atoms with Gasteiger partial charge in [-0.15, -0.1) is 0 Å². The second-order valence-corrected chi connectivity index (χ2v) is 4.35. The number of anilines is 1. The Balaban J connectivity index is 2.34. The van der Waals surface area contributed by atoms with Crippen LogP contribution in [0.4, 0.5) is 5.69 Å². The average Bonchev–Trinajstić information content (AvgIpc) is 2.64. The van der Waals surface area contributed by atoms with Gasteiger partial charge < -0.3 is 20.2 Å². The molecule has 3 N–H and O–H groups in total. The number of aliphatic hydroxyl groups is 1. The number of benzene rings is 1. The van der Waals surface area contributed by atoms with Crippen molar-refractivity contribution in [3.63, 3.8) is 0 Å². The number of hydrogen-bond acceptors (Lipinski definition) is 5. The molecule has 1 aromatic heterocycles. The first kappa shape index (κ1) is 12.7.